The Kier molecular flexibility index (Phi) is 4.28. The summed E-state index contributed by atoms with van der Waals surface area (Å²) in [5.41, 5.74) is 1.09. The molecule has 18 heavy (non-hydrogen) atoms. The van der Waals surface area contributed by atoms with Crippen molar-refractivity contribution >= 4 is 5.69 Å². The maximum Gasteiger partial charge on any atom is 0.269 e. The molecule has 2 atom stereocenters. The molecule has 5 heteroatoms. The molecule has 5 nitrogen and oxygen atoms in total. The summed E-state index contributed by atoms with van der Waals surface area (Å²) in [6, 6.07) is 6.74. The summed E-state index contributed by atoms with van der Waals surface area (Å²) in [5, 5.41) is 14.0. The molecule has 0 bridgehead atoms. The van der Waals surface area contributed by atoms with Gasteiger partial charge in [0.15, 0.2) is 0 Å². The number of ether oxygens (including phenoxy) is 1. The van der Waals surface area contributed by atoms with Crippen LogP contribution in [0.1, 0.15) is 18.9 Å². The number of benzene rings is 1. The van der Waals surface area contributed by atoms with E-state index in [2.05, 4.69) is 12.2 Å². The second-order valence-corrected chi connectivity index (χ2v) is 4.68. The number of nitrogens with zero attached hydrogens (tertiary/aromatic N) is 1. The summed E-state index contributed by atoms with van der Waals surface area (Å²) < 4.78 is 5.49. The SMILES string of the molecule is CC1OCCC1CNCc1cccc([N+](=O)[O-])c1. The van der Waals surface area contributed by atoms with Crippen molar-refractivity contribution in [1.82, 2.24) is 5.32 Å². The Morgan fingerprint density at radius 1 is 1.56 bits per heavy atom. The van der Waals surface area contributed by atoms with Crippen molar-refractivity contribution in [3.8, 4) is 0 Å². The van der Waals surface area contributed by atoms with E-state index in [0.717, 1.165) is 25.1 Å². The Morgan fingerprint density at radius 2 is 2.39 bits per heavy atom. The van der Waals surface area contributed by atoms with Gasteiger partial charge in [0.2, 0.25) is 0 Å². The number of nitrogens with one attached hydrogen (secondary N) is 1. The molecule has 1 N–H and O–H groups in total. The number of hydrogen-bond acceptors (Lipinski definition) is 4. The first-order valence-corrected chi connectivity index (χ1v) is 6.22. The molecule has 0 aliphatic carbocycles. The summed E-state index contributed by atoms with van der Waals surface area (Å²) in [5.74, 6) is 0.545. The molecule has 0 radical (unpaired) electrons. The molecule has 2 unspecified atom stereocenters. The molecule has 2 rings (SSSR count). The number of rotatable bonds is 5. The lowest BCUT2D eigenvalue weighted by molar-refractivity contribution is -0.384. The zero-order chi connectivity index (χ0) is 13.0. The summed E-state index contributed by atoms with van der Waals surface area (Å²) in [4.78, 5) is 10.3. The van der Waals surface area contributed by atoms with Gasteiger partial charge in [0.05, 0.1) is 11.0 Å². The largest absolute Gasteiger partial charge is 0.378 e. The Balaban J connectivity index is 1.83. The van der Waals surface area contributed by atoms with Gasteiger partial charge in [-0.3, -0.25) is 10.1 Å². The van der Waals surface area contributed by atoms with Gasteiger partial charge in [-0.2, -0.15) is 0 Å². The highest BCUT2D eigenvalue weighted by atomic mass is 16.6. The van der Waals surface area contributed by atoms with Crippen LogP contribution in [0.5, 0.6) is 0 Å². The molecule has 0 aromatic heterocycles. The molecular formula is C13H18N2O3. The molecule has 98 valence electrons. The van der Waals surface area contributed by atoms with Crippen molar-refractivity contribution in [3.05, 3.63) is 39.9 Å². The molecule has 0 spiro atoms. The Bertz CT molecular complexity index is 422. The lowest BCUT2D eigenvalue weighted by Gasteiger charge is -2.14. The van der Waals surface area contributed by atoms with Crippen molar-refractivity contribution in [2.45, 2.75) is 26.0 Å². The van der Waals surface area contributed by atoms with Gasteiger partial charge >= 0.3 is 0 Å². The van der Waals surface area contributed by atoms with E-state index in [0.29, 0.717) is 18.6 Å². The van der Waals surface area contributed by atoms with Crippen molar-refractivity contribution < 1.29 is 9.66 Å². The standard InChI is InChI=1S/C13H18N2O3/c1-10-12(5-6-18-10)9-14-8-11-3-2-4-13(7-11)15(16)17/h2-4,7,10,12,14H,5-6,8-9H2,1H3. The van der Waals surface area contributed by atoms with E-state index in [9.17, 15) is 10.1 Å². The van der Waals surface area contributed by atoms with E-state index < -0.39 is 0 Å². The lowest BCUT2D eigenvalue weighted by atomic mass is 10.0. The van der Waals surface area contributed by atoms with Gasteiger partial charge in [0.25, 0.3) is 5.69 Å². The minimum Gasteiger partial charge on any atom is -0.378 e. The predicted octanol–water partition coefficient (Wildman–Crippen LogP) is 2.11. The van der Waals surface area contributed by atoms with E-state index in [-0.39, 0.29) is 10.6 Å². The molecule has 1 heterocycles. The van der Waals surface area contributed by atoms with E-state index in [1.165, 1.54) is 6.07 Å². The number of non-ortho nitro benzene ring substituents is 1. The smallest absolute Gasteiger partial charge is 0.269 e. The summed E-state index contributed by atoms with van der Waals surface area (Å²) in [6.45, 7) is 4.48. The normalized spacial score (nSPS) is 23.2. The van der Waals surface area contributed by atoms with Crippen LogP contribution in [0.2, 0.25) is 0 Å². The van der Waals surface area contributed by atoms with Gasteiger partial charge in [0.1, 0.15) is 0 Å². The lowest BCUT2D eigenvalue weighted by Crippen LogP contribution is -2.26. The van der Waals surface area contributed by atoms with E-state index in [1.54, 1.807) is 12.1 Å². The molecule has 1 aromatic carbocycles. The van der Waals surface area contributed by atoms with Crippen molar-refractivity contribution in [3.63, 3.8) is 0 Å². The van der Waals surface area contributed by atoms with Gasteiger partial charge in [-0.15, -0.1) is 0 Å². The second kappa shape index (κ2) is 5.93. The van der Waals surface area contributed by atoms with Crippen LogP contribution in [0.4, 0.5) is 5.69 Å². The molecule has 1 fully saturated rings. The summed E-state index contributed by atoms with van der Waals surface area (Å²) in [6.07, 6.45) is 1.39. The second-order valence-electron chi connectivity index (χ2n) is 4.68. The molecular weight excluding hydrogens is 232 g/mol. The minimum absolute atomic E-state index is 0.145. The van der Waals surface area contributed by atoms with Gasteiger partial charge in [-0.25, -0.2) is 0 Å². The van der Waals surface area contributed by atoms with Crippen LogP contribution >= 0.6 is 0 Å². The number of nitro benzene ring substituents is 1. The maximum absolute atomic E-state index is 10.6. The minimum atomic E-state index is -0.365. The highest BCUT2D eigenvalue weighted by Gasteiger charge is 2.23. The topological polar surface area (TPSA) is 64.4 Å². The fraction of sp³-hybridized carbons (Fsp3) is 0.538. The van der Waals surface area contributed by atoms with Crippen LogP contribution in [0, 0.1) is 16.0 Å². The van der Waals surface area contributed by atoms with Gasteiger partial charge in [-0.1, -0.05) is 12.1 Å². The van der Waals surface area contributed by atoms with Gasteiger partial charge in [0, 0.05) is 31.8 Å². The predicted molar refractivity (Wildman–Crippen MR) is 68.3 cm³/mol. The molecule has 1 saturated heterocycles. The highest BCUT2D eigenvalue weighted by Crippen LogP contribution is 2.19. The Morgan fingerprint density at radius 3 is 3.06 bits per heavy atom. The highest BCUT2D eigenvalue weighted by molar-refractivity contribution is 5.34. The van der Waals surface area contributed by atoms with Crippen molar-refractivity contribution in [2.24, 2.45) is 5.92 Å². The summed E-state index contributed by atoms with van der Waals surface area (Å²) in [7, 11) is 0. The molecule has 0 saturated carbocycles. The molecule has 0 amide bonds. The van der Waals surface area contributed by atoms with Crippen LogP contribution in [0.15, 0.2) is 24.3 Å². The summed E-state index contributed by atoms with van der Waals surface area (Å²) >= 11 is 0. The quantitative estimate of drug-likeness (QED) is 0.642. The van der Waals surface area contributed by atoms with Crippen LogP contribution in [-0.2, 0) is 11.3 Å². The van der Waals surface area contributed by atoms with Gasteiger partial charge in [-0.05, 0) is 24.8 Å². The first-order chi connectivity index (χ1) is 8.66. The van der Waals surface area contributed by atoms with Crippen molar-refractivity contribution in [2.75, 3.05) is 13.2 Å². The van der Waals surface area contributed by atoms with Crippen molar-refractivity contribution in [1.29, 1.82) is 0 Å². The number of nitro groups is 1. The Hall–Kier alpha value is -1.46. The van der Waals surface area contributed by atoms with Gasteiger partial charge < -0.3 is 10.1 Å². The molecule has 1 aliphatic rings. The fourth-order valence-corrected chi connectivity index (χ4v) is 2.23. The molecule has 1 aromatic rings. The first-order valence-electron chi connectivity index (χ1n) is 6.22. The van der Waals surface area contributed by atoms with Crippen LogP contribution in [-0.4, -0.2) is 24.2 Å². The number of hydrogen-bond donors (Lipinski definition) is 1. The Labute approximate surface area is 106 Å². The van der Waals surface area contributed by atoms with Crippen LogP contribution in [0.3, 0.4) is 0 Å². The maximum atomic E-state index is 10.6. The zero-order valence-corrected chi connectivity index (χ0v) is 10.5. The van der Waals surface area contributed by atoms with Crippen LogP contribution < -0.4 is 5.32 Å². The molecule has 1 aliphatic heterocycles. The van der Waals surface area contributed by atoms with E-state index in [4.69, 9.17) is 4.74 Å². The average molecular weight is 250 g/mol. The third-order valence-corrected chi connectivity index (χ3v) is 3.39. The zero-order valence-electron chi connectivity index (χ0n) is 10.5. The van der Waals surface area contributed by atoms with E-state index in [1.807, 2.05) is 6.07 Å². The monoisotopic (exact) mass is 250 g/mol. The third-order valence-electron chi connectivity index (χ3n) is 3.39. The fourth-order valence-electron chi connectivity index (χ4n) is 2.23. The van der Waals surface area contributed by atoms with E-state index >= 15 is 0 Å². The van der Waals surface area contributed by atoms with Crippen LogP contribution in [0.25, 0.3) is 0 Å². The first kappa shape index (κ1) is 13.0. The average Bonchev–Trinajstić information content (AvgIpc) is 2.76. The third kappa shape index (κ3) is 3.27.